The van der Waals surface area contributed by atoms with Gasteiger partial charge in [-0.25, -0.2) is 4.98 Å². The van der Waals surface area contributed by atoms with Gasteiger partial charge in [-0.15, -0.1) is 0 Å². The zero-order chi connectivity index (χ0) is 14.5. The quantitative estimate of drug-likeness (QED) is 0.825. The molecule has 0 fully saturated rings. The smallest absolute Gasteiger partial charge is 0.138 e. The van der Waals surface area contributed by atoms with E-state index in [0.717, 1.165) is 38.2 Å². The van der Waals surface area contributed by atoms with Crippen LogP contribution in [0.5, 0.6) is 0 Å². The van der Waals surface area contributed by atoms with Crippen LogP contribution in [-0.2, 0) is 13.0 Å². The fraction of sp³-hybridized carbons (Fsp3) is 0.867. The first-order valence-electron chi connectivity index (χ1n) is 7.41. The van der Waals surface area contributed by atoms with Crippen LogP contribution in [0.3, 0.4) is 0 Å². The van der Waals surface area contributed by atoms with Gasteiger partial charge in [0.2, 0.25) is 0 Å². The zero-order valence-electron chi connectivity index (χ0n) is 13.5. The molecule has 0 saturated carbocycles. The maximum atomic E-state index is 4.44. The second-order valence-electron chi connectivity index (χ2n) is 6.84. The van der Waals surface area contributed by atoms with Gasteiger partial charge in [-0.05, 0) is 39.0 Å². The van der Waals surface area contributed by atoms with Gasteiger partial charge in [-0.2, -0.15) is 5.10 Å². The summed E-state index contributed by atoms with van der Waals surface area (Å²) in [5.41, 5.74) is 0.388. The second kappa shape index (κ2) is 6.51. The van der Waals surface area contributed by atoms with Crippen LogP contribution >= 0.6 is 0 Å². The van der Waals surface area contributed by atoms with Gasteiger partial charge < -0.3 is 5.32 Å². The van der Waals surface area contributed by atoms with Gasteiger partial charge in [0.05, 0.1) is 0 Å². The first-order valence-corrected chi connectivity index (χ1v) is 7.41. The SMILES string of the molecule is CCCn1ncnc1CC(C)(CC)CNC(C)(C)C. The van der Waals surface area contributed by atoms with E-state index in [-0.39, 0.29) is 11.0 Å². The summed E-state index contributed by atoms with van der Waals surface area (Å²) in [7, 11) is 0. The molecule has 0 aliphatic heterocycles. The fourth-order valence-electron chi connectivity index (χ4n) is 2.00. The first-order chi connectivity index (χ1) is 8.79. The molecule has 1 aromatic rings. The minimum absolute atomic E-state index is 0.160. The molecule has 1 atom stereocenters. The third kappa shape index (κ3) is 5.31. The van der Waals surface area contributed by atoms with E-state index < -0.39 is 0 Å². The highest BCUT2D eigenvalue weighted by Crippen LogP contribution is 2.25. The summed E-state index contributed by atoms with van der Waals surface area (Å²) in [5, 5.41) is 7.94. The molecule has 0 aliphatic rings. The molecule has 1 unspecified atom stereocenters. The molecule has 0 aliphatic carbocycles. The molecule has 19 heavy (non-hydrogen) atoms. The Morgan fingerprint density at radius 2 is 1.89 bits per heavy atom. The van der Waals surface area contributed by atoms with E-state index >= 15 is 0 Å². The number of nitrogens with zero attached hydrogens (tertiary/aromatic N) is 3. The lowest BCUT2D eigenvalue weighted by molar-refractivity contribution is 0.247. The molecule has 4 heteroatoms. The lowest BCUT2D eigenvalue weighted by atomic mass is 9.83. The van der Waals surface area contributed by atoms with Gasteiger partial charge >= 0.3 is 0 Å². The summed E-state index contributed by atoms with van der Waals surface area (Å²) in [6, 6.07) is 0. The van der Waals surface area contributed by atoms with Crippen molar-refractivity contribution in [2.45, 2.75) is 72.9 Å². The lowest BCUT2D eigenvalue weighted by Gasteiger charge is -2.32. The van der Waals surface area contributed by atoms with Crippen molar-refractivity contribution in [1.82, 2.24) is 20.1 Å². The van der Waals surface area contributed by atoms with Crippen LogP contribution < -0.4 is 5.32 Å². The maximum Gasteiger partial charge on any atom is 0.138 e. The van der Waals surface area contributed by atoms with Crippen molar-refractivity contribution in [2.24, 2.45) is 5.41 Å². The van der Waals surface area contributed by atoms with E-state index in [1.165, 1.54) is 0 Å². The van der Waals surface area contributed by atoms with E-state index in [9.17, 15) is 0 Å². The molecule has 0 radical (unpaired) electrons. The van der Waals surface area contributed by atoms with Gasteiger partial charge in [0.1, 0.15) is 12.2 Å². The highest BCUT2D eigenvalue weighted by Gasteiger charge is 2.26. The Kier molecular flexibility index (Phi) is 5.53. The summed E-state index contributed by atoms with van der Waals surface area (Å²) in [4.78, 5) is 4.44. The standard InChI is InChI=1S/C15H30N4/c1-7-9-19-13(16-12-18-19)10-15(6,8-2)11-17-14(3,4)5/h12,17H,7-11H2,1-6H3. The van der Waals surface area contributed by atoms with Crippen LogP contribution in [0.1, 0.15) is 60.2 Å². The Balaban J connectivity index is 2.71. The number of hydrogen-bond acceptors (Lipinski definition) is 3. The minimum Gasteiger partial charge on any atom is -0.312 e. The molecule has 0 spiro atoms. The molecule has 1 heterocycles. The number of aryl methyl sites for hydroxylation is 1. The highest BCUT2D eigenvalue weighted by molar-refractivity contribution is 4.94. The van der Waals surface area contributed by atoms with Crippen LogP contribution in [0, 0.1) is 5.41 Å². The minimum atomic E-state index is 0.160. The Hall–Kier alpha value is -0.900. The summed E-state index contributed by atoms with van der Waals surface area (Å²) in [6.07, 6.45) is 4.89. The molecular weight excluding hydrogens is 236 g/mol. The lowest BCUT2D eigenvalue weighted by Crippen LogP contribution is -2.43. The average molecular weight is 266 g/mol. The van der Waals surface area contributed by atoms with E-state index in [0.29, 0.717) is 0 Å². The molecule has 110 valence electrons. The predicted octanol–water partition coefficient (Wildman–Crippen LogP) is 3.04. The van der Waals surface area contributed by atoms with Crippen molar-refractivity contribution in [3.63, 3.8) is 0 Å². The van der Waals surface area contributed by atoms with Gasteiger partial charge in [-0.3, -0.25) is 4.68 Å². The van der Waals surface area contributed by atoms with Crippen molar-refractivity contribution in [1.29, 1.82) is 0 Å². The molecule has 1 N–H and O–H groups in total. The van der Waals surface area contributed by atoms with Gasteiger partial charge in [0.15, 0.2) is 0 Å². The van der Waals surface area contributed by atoms with Gasteiger partial charge in [-0.1, -0.05) is 20.8 Å². The number of aromatic nitrogens is 3. The van der Waals surface area contributed by atoms with Crippen LogP contribution in [-0.4, -0.2) is 26.8 Å². The van der Waals surface area contributed by atoms with Crippen molar-refractivity contribution in [3.8, 4) is 0 Å². The van der Waals surface area contributed by atoms with Crippen molar-refractivity contribution < 1.29 is 0 Å². The summed E-state index contributed by atoms with van der Waals surface area (Å²) < 4.78 is 2.05. The highest BCUT2D eigenvalue weighted by atomic mass is 15.3. The van der Waals surface area contributed by atoms with Gasteiger partial charge in [0.25, 0.3) is 0 Å². The summed E-state index contributed by atoms with van der Waals surface area (Å²) in [6.45, 7) is 15.4. The normalized spacial score (nSPS) is 15.5. The van der Waals surface area contributed by atoms with Crippen molar-refractivity contribution in [2.75, 3.05) is 6.54 Å². The molecule has 4 nitrogen and oxygen atoms in total. The van der Waals surface area contributed by atoms with Crippen molar-refractivity contribution >= 4 is 0 Å². The van der Waals surface area contributed by atoms with Crippen LogP contribution in [0.4, 0.5) is 0 Å². The fourth-order valence-corrected chi connectivity index (χ4v) is 2.00. The van der Waals surface area contributed by atoms with Crippen LogP contribution in [0.15, 0.2) is 6.33 Å². The second-order valence-corrected chi connectivity index (χ2v) is 6.84. The van der Waals surface area contributed by atoms with Crippen molar-refractivity contribution in [3.05, 3.63) is 12.2 Å². The Bertz CT molecular complexity index is 378. The molecule has 0 bridgehead atoms. The Morgan fingerprint density at radius 3 is 2.42 bits per heavy atom. The predicted molar refractivity (Wildman–Crippen MR) is 80.2 cm³/mol. The first kappa shape index (κ1) is 16.2. The van der Waals surface area contributed by atoms with Crippen LogP contribution in [0.25, 0.3) is 0 Å². The Morgan fingerprint density at radius 1 is 1.21 bits per heavy atom. The van der Waals surface area contributed by atoms with E-state index in [1.807, 2.05) is 4.68 Å². The third-order valence-electron chi connectivity index (χ3n) is 3.62. The molecule has 1 rings (SSSR count). The monoisotopic (exact) mass is 266 g/mol. The third-order valence-corrected chi connectivity index (χ3v) is 3.62. The topological polar surface area (TPSA) is 42.7 Å². The zero-order valence-corrected chi connectivity index (χ0v) is 13.5. The molecular formula is C15H30N4. The van der Waals surface area contributed by atoms with E-state index in [1.54, 1.807) is 6.33 Å². The molecule has 0 aromatic carbocycles. The molecule has 0 amide bonds. The van der Waals surface area contributed by atoms with E-state index in [2.05, 4.69) is 56.9 Å². The average Bonchev–Trinajstić information content (AvgIpc) is 2.74. The number of hydrogen-bond donors (Lipinski definition) is 1. The van der Waals surface area contributed by atoms with E-state index in [4.69, 9.17) is 0 Å². The largest absolute Gasteiger partial charge is 0.312 e. The summed E-state index contributed by atoms with van der Waals surface area (Å²) in [5.74, 6) is 1.11. The Labute approximate surface area is 118 Å². The molecule has 1 aromatic heterocycles. The maximum absolute atomic E-state index is 4.44. The number of nitrogens with one attached hydrogen (secondary N) is 1. The summed E-state index contributed by atoms with van der Waals surface area (Å²) >= 11 is 0. The number of rotatable bonds is 7. The molecule has 0 saturated heterocycles. The van der Waals surface area contributed by atoms with Crippen LogP contribution in [0.2, 0.25) is 0 Å². The van der Waals surface area contributed by atoms with Gasteiger partial charge in [0, 0.05) is 25.0 Å².